The van der Waals surface area contributed by atoms with Gasteiger partial charge in [0.15, 0.2) is 0 Å². The summed E-state index contributed by atoms with van der Waals surface area (Å²) in [6.45, 7) is 2.57. The minimum atomic E-state index is -0.381. The standard InChI is InChI=1S/C14H13BrN2O2/c1-10-5-6-12(15)8-14(10)16-9-11-3-2-4-13(7-11)17(18)19/h2-8,16H,9H2,1H3. The van der Waals surface area contributed by atoms with Crippen molar-refractivity contribution in [3.63, 3.8) is 0 Å². The summed E-state index contributed by atoms with van der Waals surface area (Å²) in [6.07, 6.45) is 0. The number of non-ortho nitro benzene ring substituents is 1. The average molecular weight is 321 g/mol. The van der Waals surface area contributed by atoms with Gasteiger partial charge in [-0.2, -0.15) is 0 Å². The highest BCUT2D eigenvalue weighted by atomic mass is 79.9. The van der Waals surface area contributed by atoms with Crippen molar-refractivity contribution in [2.24, 2.45) is 0 Å². The normalized spacial score (nSPS) is 10.2. The molecule has 0 aromatic heterocycles. The molecule has 0 heterocycles. The number of aryl methyl sites for hydroxylation is 1. The molecule has 0 amide bonds. The molecule has 0 bridgehead atoms. The second-order valence-corrected chi connectivity index (χ2v) is 5.16. The molecule has 0 aliphatic rings. The number of nitrogens with zero attached hydrogens (tertiary/aromatic N) is 1. The van der Waals surface area contributed by atoms with Crippen molar-refractivity contribution in [3.8, 4) is 0 Å². The Balaban J connectivity index is 2.12. The van der Waals surface area contributed by atoms with Gasteiger partial charge in [0, 0.05) is 28.8 Å². The average Bonchev–Trinajstić information content (AvgIpc) is 2.40. The SMILES string of the molecule is Cc1ccc(Br)cc1NCc1cccc([N+](=O)[O-])c1. The molecule has 0 saturated heterocycles. The van der Waals surface area contributed by atoms with E-state index in [1.807, 2.05) is 31.2 Å². The first-order valence-electron chi connectivity index (χ1n) is 5.79. The predicted octanol–water partition coefficient (Wildman–Crippen LogP) is 4.28. The zero-order chi connectivity index (χ0) is 13.8. The highest BCUT2D eigenvalue weighted by Gasteiger charge is 2.06. The lowest BCUT2D eigenvalue weighted by Crippen LogP contribution is -2.01. The van der Waals surface area contributed by atoms with Crippen molar-refractivity contribution in [2.45, 2.75) is 13.5 Å². The van der Waals surface area contributed by atoms with E-state index in [9.17, 15) is 10.1 Å². The predicted molar refractivity (Wildman–Crippen MR) is 79.3 cm³/mol. The summed E-state index contributed by atoms with van der Waals surface area (Å²) in [4.78, 5) is 10.3. The summed E-state index contributed by atoms with van der Waals surface area (Å²) in [5.74, 6) is 0. The Morgan fingerprint density at radius 3 is 2.79 bits per heavy atom. The number of anilines is 1. The summed E-state index contributed by atoms with van der Waals surface area (Å²) >= 11 is 3.42. The van der Waals surface area contributed by atoms with Gasteiger partial charge >= 0.3 is 0 Å². The highest BCUT2D eigenvalue weighted by molar-refractivity contribution is 9.10. The molecule has 2 rings (SSSR count). The van der Waals surface area contributed by atoms with Crippen LogP contribution in [0.15, 0.2) is 46.9 Å². The van der Waals surface area contributed by atoms with Crippen molar-refractivity contribution in [1.82, 2.24) is 0 Å². The third-order valence-electron chi connectivity index (χ3n) is 2.80. The van der Waals surface area contributed by atoms with Gasteiger partial charge in [0.2, 0.25) is 0 Å². The van der Waals surface area contributed by atoms with E-state index in [0.717, 1.165) is 21.3 Å². The van der Waals surface area contributed by atoms with Gasteiger partial charge in [-0.25, -0.2) is 0 Å². The number of benzene rings is 2. The molecule has 0 radical (unpaired) electrons. The summed E-state index contributed by atoms with van der Waals surface area (Å²) in [7, 11) is 0. The molecule has 0 unspecified atom stereocenters. The van der Waals surface area contributed by atoms with E-state index in [0.29, 0.717) is 6.54 Å². The molecule has 0 atom stereocenters. The van der Waals surface area contributed by atoms with E-state index < -0.39 is 0 Å². The van der Waals surface area contributed by atoms with Gasteiger partial charge in [0.25, 0.3) is 5.69 Å². The fourth-order valence-electron chi connectivity index (χ4n) is 1.76. The minimum Gasteiger partial charge on any atom is -0.381 e. The minimum absolute atomic E-state index is 0.116. The molecule has 0 aliphatic carbocycles. The number of nitrogens with one attached hydrogen (secondary N) is 1. The lowest BCUT2D eigenvalue weighted by molar-refractivity contribution is -0.384. The summed E-state index contributed by atoms with van der Waals surface area (Å²) in [6, 6.07) is 12.6. The topological polar surface area (TPSA) is 55.2 Å². The maximum atomic E-state index is 10.7. The van der Waals surface area contributed by atoms with Gasteiger partial charge in [-0.05, 0) is 30.2 Å². The third kappa shape index (κ3) is 3.54. The fraction of sp³-hybridized carbons (Fsp3) is 0.143. The number of nitro groups is 1. The molecule has 98 valence electrons. The van der Waals surface area contributed by atoms with E-state index in [1.54, 1.807) is 12.1 Å². The van der Waals surface area contributed by atoms with Gasteiger partial charge in [-0.15, -0.1) is 0 Å². The molecule has 4 nitrogen and oxygen atoms in total. The molecule has 2 aromatic carbocycles. The quantitative estimate of drug-likeness (QED) is 0.675. The van der Waals surface area contributed by atoms with Crippen LogP contribution in [-0.2, 0) is 6.54 Å². The van der Waals surface area contributed by atoms with Gasteiger partial charge < -0.3 is 5.32 Å². The summed E-state index contributed by atoms with van der Waals surface area (Å²) in [5.41, 5.74) is 3.15. The van der Waals surface area contributed by atoms with Gasteiger partial charge in [-0.1, -0.05) is 34.1 Å². The largest absolute Gasteiger partial charge is 0.381 e. The number of hydrogen-bond donors (Lipinski definition) is 1. The third-order valence-corrected chi connectivity index (χ3v) is 3.30. The molecule has 0 aliphatic heterocycles. The second-order valence-electron chi connectivity index (χ2n) is 4.24. The Morgan fingerprint density at radius 2 is 2.05 bits per heavy atom. The van der Waals surface area contributed by atoms with Gasteiger partial charge in [0.05, 0.1) is 4.92 Å². The Labute approximate surface area is 119 Å². The van der Waals surface area contributed by atoms with Crippen LogP contribution in [0.3, 0.4) is 0 Å². The first-order valence-corrected chi connectivity index (χ1v) is 6.59. The van der Waals surface area contributed by atoms with Crippen LogP contribution in [0.1, 0.15) is 11.1 Å². The van der Waals surface area contributed by atoms with Gasteiger partial charge in [0.1, 0.15) is 0 Å². The van der Waals surface area contributed by atoms with Gasteiger partial charge in [-0.3, -0.25) is 10.1 Å². The van der Waals surface area contributed by atoms with Crippen molar-refractivity contribution >= 4 is 27.3 Å². The Hall–Kier alpha value is -1.88. The first kappa shape index (κ1) is 13.5. The van der Waals surface area contributed by atoms with E-state index in [-0.39, 0.29) is 10.6 Å². The van der Waals surface area contributed by atoms with Crippen molar-refractivity contribution in [1.29, 1.82) is 0 Å². The van der Waals surface area contributed by atoms with E-state index in [4.69, 9.17) is 0 Å². The molecule has 0 spiro atoms. The second kappa shape index (κ2) is 5.84. The van der Waals surface area contributed by atoms with Crippen LogP contribution in [-0.4, -0.2) is 4.92 Å². The molecule has 19 heavy (non-hydrogen) atoms. The fourth-order valence-corrected chi connectivity index (χ4v) is 2.12. The molecule has 0 fully saturated rings. The smallest absolute Gasteiger partial charge is 0.269 e. The molecule has 2 aromatic rings. The zero-order valence-corrected chi connectivity index (χ0v) is 12.0. The molecule has 0 saturated carbocycles. The van der Waals surface area contributed by atoms with Crippen LogP contribution in [0, 0.1) is 17.0 Å². The Kier molecular flexibility index (Phi) is 4.16. The van der Waals surface area contributed by atoms with Crippen molar-refractivity contribution in [3.05, 3.63) is 68.2 Å². The van der Waals surface area contributed by atoms with E-state index in [2.05, 4.69) is 21.2 Å². The number of hydrogen-bond acceptors (Lipinski definition) is 3. The first-order chi connectivity index (χ1) is 9.06. The van der Waals surface area contributed by atoms with E-state index >= 15 is 0 Å². The molecular formula is C14H13BrN2O2. The zero-order valence-electron chi connectivity index (χ0n) is 10.4. The molecule has 1 N–H and O–H groups in total. The number of nitro benzene ring substituents is 1. The van der Waals surface area contributed by atoms with Crippen LogP contribution >= 0.6 is 15.9 Å². The lowest BCUT2D eigenvalue weighted by atomic mass is 10.1. The maximum Gasteiger partial charge on any atom is 0.269 e. The van der Waals surface area contributed by atoms with Crippen LogP contribution in [0.25, 0.3) is 0 Å². The summed E-state index contributed by atoms with van der Waals surface area (Å²) < 4.78 is 1.000. The van der Waals surface area contributed by atoms with Crippen molar-refractivity contribution < 1.29 is 4.92 Å². The van der Waals surface area contributed by atoms with E-state index in [1.165, 1.54) is 6.07 Å². The van der Waals surface area contributed by atoms with Crippen LogP contribution < -0.4 is 5.32 Å². The van der Waals surface area contributed by atoms with Crippen LogP contribution in [0.5, 0.6) is 0 Å². The Morgan fingerprint density at radius 1 is 1.26 bits per heavy atom. The monoisotopic (exact) mass is 320 g/mol. The van der Waals surface area contributed by atoms with Crippen LogP contribution in [0.4, 0.5) is 11.4 Å². The number of rotatable bonds is 4. The Bertz CT molecular complexity index is 614. The van der Waals surface area contributed by atoms with Crippen LogP contribution in [0.2, 0.25) is 0 Å². The number of halogens is 1. The van der Waals surface area contributed by atoms with Crippen molar-refractivity contribution in [2.75, 3.05) is 5.32 Å². The summed E-state index contributed by atoms with van der Waals surface area (Å²) in [5, 5.41) is 14.0. The maximum absolute atomic E-state index is 10.7. The molecule has 5 heteroatoms. The molecular weight excluding hydrogens is 308 g/mol. The highest BCUT2D eigenvalue weighted by Crippen LogP contribution is 2.22. The lowest BCUT2D eigenvalue weighted by Gasteiger charge is -2.10.